The third-order valence-electron chi connectivity index (χ3n) is 4.71. The van der Waals surface area contributed by atoms with Gasteiger partial charge in [-0.25, -0.2) is 0 Å². The van der Waals surface area contributed by atoms with Crippen molar-refractivity contribution in [3.63, 3.8) is 0 Å². The van der Waals surface area contributed by atoms with Crippen molar-refractivity contribution in [1.29, 1.82) is 0 Å². The summed E-state index contributed by atoms with van der Waals surface area (Å²) >= 11 is 0. The standard InChI is InChI=1S/C22H29NO3/c1-5-19(6-2)22(24)23(15-17-7-11-20(25-3)12-8-17)16-18-9-13-21(26-4)14-10-18/h7-14,19H,5-6,15-16H2,1-4H3. The van der Waals surface area contributed by atoms with E-state index in [2.05, 4.69) is 13.8 Å². The third kappa shape index (κ3) is 5.25. The Kier molecular flexibility index (Phi) is 7.52. The molecule has 0 fully saturated rings. The zero-order chi connectivity index (χ0) is 18.9. The lowest BCUT2D eigenvalue weighted by atomic mass is 10.0. The van der Waals surface area contributed by atoms with Gasteiger partial charge in [-0.2, -0.15) is 0 Å². The van der Waals surface area contributed by atoms with Crippen molar-refractivity contribution in [3.8, 4) is 11.5 Å². The van der Waals surface area contributed by atoms with Gasteiger partial charge in [-0.15, -0.1) is 0 Å². The molecule has 0 aromatic heterocycles. The van der Waals surface area contributed by atoms with Gasteiger partial charge in [0.05, 0.1) is 14.2 Å². The van der Waals surface area contributed by atoms with E-state index in [1.807, 2.05) is 53.4 Å². The van der Waals surface area contributed by atoms with Crippen LogP contribution in [0.3, 0.4) is 0 Å². The molecule has 2 aromatic rings. The predicted molar refractivity (Wildman–Crippen MR) is 104 cm³/mol. The van der Waals surface area contributed by atoms with Gasteiger partial charge in [-0.05, 0) is 48.2 Å². The van der Waals surface area contributed by atoms with E-state index < -0.39 is 0 Å². The van der Waals surface area contributed by atoms with Gasteiger partial charge in [0.25, 0.3) is 0 Å². The van der Waals surface area contributed by atoms with E-state index in [-0.39, 0.29) is 11.8 Å². The van der Waals surface area contributed by atoms with E-state index in [1.54, 1.807) is 14.2 Å². The van der Waals surface area contributed by atoms with E-state index in [1.165, 1.54) is 0 Å². The first-order valence-electron chi connectivity index (χ1n) is 9.15. The number of carbonyl (C=O) groups excluding carboxylic acids is 1. The highest BCUT2D eigenvalue weighted by molar-refractivity contribution is 5.78. The second kappa shape index (κ2) is 9.85. The first kappa shape index (κ1) is 19.8. The van der Waals surface area contributed by atoms with Crippen LogP contribution in [0.2, 0.25) is 0 Å². The fraction of sp³-hybridized carbons (Fsp3) is 0.409. The highest BCUT2D eigenvalue weighted by atomic mass is 16.5. The average Bonchev–Trinajstić information content (AvgIpc) is 2.69. The van der Waals surface area contributed by atoms with E-state index in [0.717, 1.165) is 35.5 Å². The number of ether oxygens (including phenoxy) is 2. The Balaban J connectivity index is 2.20. The number of benzene rings is 2. The molecule has 0 aliphatic rings. The number of hydrogen-bond donors (Lipinski definition) is 0. The summed E-state index contributed by atoms with van der Waals surface area (Å²) in [4.78, 5) is 15.0. The van der Waals surface area contributed by atoms with Gasteiger partial charge in [0.2, 0.25) is 5.91 Å². The minimum Gasteiger partial charge on any atom is -0.497 e. The molecule has 4 nitrogen and oxygen atoms in total. The summed E-state index contributed by atoms with van der Waals surface area (Å²) in [5.41, 5.74) is 2.19. The average molecular weight is 355 g/mol. The molecule has 0 saturated heterocycles. The Labute approximate surface area is 156 Å². The summed E-state index contributed by atoms with van der Waals surface area (Å²) in [7, 11) is 3.31. The molecule has 140 valence electrons. The normalized spacial score (nSPS) is 10.7. The van der Waals surface area contributed by atoms with Gasteiger partial charge >= 0.3 is 0 Å². The van der Waals surface area contributed by atoms with Crippen LogP contribution in [0.5, 0.6) is 11.5 Å². The molecule has 0 aliphatic carbocycles. The first-order valence-corrected chi connectivity index (χ1v) is 9.15. The van der Waals surface area contributed by atoms with Crippen LogP contribution in [-0.4, -0.2) is 25.0 Å². The molecule has 0 spiro atoms. The highest BCUT2D eigenvalue weighted by Gasteiger charge is 2.22. The molecule has 0 bridgehead atoms. The summed E-state index contributed by atoms with van der Waals surface area (Å²) in [6, 6.07) is 15.8. The third-order valence-corrected chi connectivity index (χ3v) is 4.71. The summed E-state index contributed by atoms with van der Waals surface area (Å²) in [5.74, 6) is 1.91. The van der Waals surface area contributed by atoms with Crippen molar-refractivity contribution in [2.75, 3.05) is 14.2 Å². The van der Waals surface area contributed by atoms with Crippen LogP contribution in [0.1, 0.15) is 37.8 Å². The van der Waals surface area contributed by atoms with Crippen LogP contribution >= 0.6 is 0 Å². The molecule has 0 saturated carbocycles. The Hall–Kier alpha value is -2.49. The van der Waals surface area contributed by atoms with Crippen molar-refractivity contribution in [2.45, 2.75) is 39.8 Å². The molecule has 26 heavy (non-hydrogen) atoms. The molecule has 2 rings (SSSR count). The summed E-state index contributed by atoms with van der Waals surface area (Å²) < 4.78 is 10.4. The number of rotatable bonds is 9. The number of amides is 1. The zero-order valence-electron chi connectivity index (χ0n) is 16.2. The van der Waals surface area contributed by atoms with Gasteiger partial charge in [-0.3, -0.25) is 4.79 Å². The fourth-order valence-corrected chi connectivity index (χ4v) is 3.01. The second-order valence-corrected chi connectivity index (χ2v) is 6.40. The molecule has 0 heterocycles. The fourth-order valence-electron chi connectivity index (χ4n) is 3.01. The molecular formula is C22H29NO3. The van der Waals surface area contributed by atoms with Gasteiger partial charge in [0.15, 0.2) is 0 Å². The van der Waals surface area contributed by atoms with E-state index in [4.69, 9.17) is 9.47 Å². The predicted octanol–water partition coefficient (Wildman–Crippen LogP) is 4.67. The largest absolute Gasteiger partial charge is 0.497 e. The molecular weight excluding hydrogens is 326 g/mol. The van der Waals surface area contributed by atoms with Gasteiger partial charge in [0, 0.05) is 19.0 Å². The monoisotopic (exact) mass is 355 g/mol. The van der Waals surface area contributed by atoms with Gasteiger partial charge in [-0.1, -0.05) is 38.1 Å². The maximum atomic E-state index is 13.0. The topological polar surface area (TPSA) is 38.8 Å². The van der Waals surface area contributed by atoms with Crippen LogP contribution in [0.25, 0.3) is 0 Å². The Bertz CT molecular complexity index is 626. The van der Waals surface area contributed by atoms with Crippen molar-refractivity contribution < 1.29 is 14.3 Å². The van der Waals surface area contributed by atoms with E-state index >= 15 is 0 Å². The summed E-state index contributed by atoms with van der Waals surface area (Å²) in [6.45, 7) is 5.33. The smallest absolute Gasteiger partial charge is 0.226 e. The van der Waals surface area contributed by atoms with Crippen molar-refractivity contribution in [3.05, 3.63) is 59.7 Å². The van der Waals surface area contributed by atoms with Crippen LogP contribution in [0.15, 0.2) is 48.5 Å². The number of hydrogen-bond acceptors (Lipinski definition) is 3. The maximum Gasteiger partial charge on any atom is 0.226 e. The Morgan fingerprint density at radius 1 is 0.808 bits per heavy atom. The zero-order valence-corrected chi connectivity index (χ0v) is 16.2. The SMILES string of the molecule is CCC(CC)C(=O)N(Cc1ccc(OC)cc1)Cc1ccc(OC)cc1. The minimum atomic E-state index is 0.0616. The lowest BCUT2D eigenvalue weighted by Crippen LogP contribution is -2.35. The minimum absolute atomic E-state index is 0.0616. The second-order valence-electron chi connectivity index (χ2n) is 6.40. The number of nitrogens with zero attached hydrogens (tertiary/aromatic N) is 1. The van der Waals surface area contributed by atoms with Crippen molar-refractivity contribution >= 4 is 5.91 Å². The molecule has 0 aliphatic heterocycles. The highest BCUT2D eigenvalue weighted by Crippen LogP contribution is 2.20. The lowest BCUT2D eigenvalue weighted by Gasteiger charge is -2.27. The maximum absolute atomic E-state index is 13.0. The molecule has 4 heteroatoms. The van der Waals surface area contributed by atoms with Crippen LogP contribution in [0, 0.1) is 5.92 Å². The summed E-state index contributed by atoms with van der Waals surface area (Å²) in [5, 5.41) is 0. The number of carbonyl (C=O) groups is 1. The van der Waals surface area contributed by atoms with Crippen LogP contribution < -0.4 is 9.47 Å². The lowest BCUT2D eigenvalue weighted by molar-refractivity contribution is -0.137. The van der Waals surface area contributed by atoms with Gasteiger partial charge in [0.1, 0.15) is 11.5 Å². The van der Waals surface area contributed by atoms with Crippen LogP contribution in [0.4, 0.5) is 0 Å². The molecule has 0 N–H and O–H groups in total. The molecule has 1 amide bonds. The molecule has 0 unspecified atom stereocenters. The summed E-state index contributed by atoms with van der Waals surface area (Å²) in [6.07, 6.45) is 1.72. The first-order chi connectivity index (χ1) is 12.6. The van der Waals surface area contributed by atoms with E-state index in [0.29, 0.717) is 13.1 Å². The molecule has 0 radical (unpaired) electrons. The van der Waals surface area contributed by atoms with Crippen molar-refractivity contribution in [2.24, 2.45) is 5.92 Å². The Morgan fingerprint density at radius 3 is 1.50 bits per heavy atom. The van der Waals surface area contributed by atoms with E-state index in [9.17, 15) is 4.79 Å². The van der Waals surface area contributed by atoms with Crippen molar-refractivity contribution in [1.82, 2.24) is 4.90 Å². The number of methoxy groups -OCH3 is 2. The molecule has 0 atom stereocenters. The van der Waals surface area contributed by atoms with Gasteiger partial charge < -0.3 is 14.4 Å². The molecule has 2 aromatic carbocycles. The Morgan fingerprint density at radius 2 is 1.19 bits per heavy atom. The quantitative estimate of drug-likeness (QED) is 0.656. The van der Waals surface area contributed by atoms with Crippen LogP contribution in [-0.2, 0) is 17.9 Å².